The molecular formula is C51H68N2O13S6. The van der Waals surface area contributed by atoms with E-state index in [1.807, 2.05) is 38.1 Å². The van der Waals surface area contributed by atoms with Gasteiger partial charge in [0, 0.05) is 64.1 Å². The van der Waals surface area contributed by atoms with Gasteiger partial charge in [0.25, 0.3) is 21.9 Å². The highest BCUT2D eigenvalue weighted by atomic mass is 32.2. The number of benzene rings is 2. The summed E-state index contributed by atoms with van der Waals surface area (Å²) in [6, 6.07) is 24.4. The van der Waals surface area contributed by atoms with E-state index in [1.54, 1.807) is 47.5 Å². The van der Waals surface area contributed by atoms with Crippen molar-refractivity contribution < 1.29 is 59.4 Å². The van der Waals surface area contributed by atoms with E-state index >= 15 is 0 Å². The quantitative estimate of drug-likeness (QED) is 0.0199. The third-order valence-corrected chi connectivity index (χ3v) is 17.1. The van der Waals surface area contributed by atoms with Crippen LogP contribution < -0.4 is 0 Å². The van der Waals surface area contributed by atoms with Gasteiger partial charge in [-0.25, -0.2) is 4.21 Å². The zero-order valence-electron chi connectivity index (χ0n) is 41.8. The number of hydrogen-bond acceptors (Lipinski definition) is 16. The van der Waals surface area contributed by atoms with E-state index in [0.717, 1.165) is 59.0 Å². The summed E-state index contributed by atoms with van der Waals surface area (Å²) < 4.78 is 82.5. The molecule has 0 fully saturated rings. The van der Waals surface area contributed by atoms with Gasteiger partial charge in [-0.15, -0.1) is 46.2 Å². The molecule has 0 spiro atoms. The minimum absolute atomic E-state index is 0.0695. The fourth-order valence-corrected chi connectivity index (χ4v) is 12.3. The number of amides is 2. The summed E-state index contributed by atoms with van der Waals surface area (Å²) in [5.41, 5.74) is 3.58. The van der Waals surface area contributed by atoms with E-state index in [0.29, 0.717) is 108 Å². The van der Waals surface area contributed by atoms with Crippen LogP contribution in [-0.4, -0.2) is 162 Å². The summed E-state index contributed by atoms with van der Waals surface area (Å²) in [5.74, 6) is 0.783. The topological polar surface area (TPSA) is 177 Å². The van der Waals surface area contributed by atoms with Crippen LogP contribution in [0.3, 0.4) is 0 Å². The Kier molecular flexibility index (Phi) is 26.7. The summed E-state index contributed by atoms with van der Waals surface area (Å²) in [6.45, 7) is 9.89. The van der Waals surface area contributed by atoms with E-state index in [2.05, 4.69) is 52.7 Å². The molecule has 1 unspecified atom stereocenters. The molecule has 4 aromatic rings. The van der Waals surface area contributed by atoms with Crippen LogP contribution in [0.25, 0.3) is 32.3 Å². The van der Waals surface area contributed by atoms with Crippen LogP contribution in [0.5, 0.6) is 0 Å². The van der Waals surface area contributed by atoms with E-state index in [-0.39, 0.29) is 42.8 Å². The van der Waals surface area contributed by atoms with Gasteiger partial charge in [0.1, 0.15) is 0 Å². The Balaban J connectivity index is 0.00000475. The number of fused-ring (bicyclic) bond motifs is 1. The lowest BCUT2D eigenvalue weighted by Gasteiger charge is -2.24. The van der Waals surface area contributed by atoms with Gasteiger partial charge in [-0.05, 0) is 85.3 Å². The first-order valence-electron chi connectivity index (χ1n) is 24.0. The van der Waals surface area contributed by atoms with E-state index < -0.39 is 21.2 Å². The SMILES string of the molecule is CC.COCCOCCOCCSc1ccc(-c2ccc(C3=C4C(=O)N(CCCCS(=O)(=O)OC)C(c5ccc(-c6ccc(SCCOCCOCCOC)cc6)s5)=C4C(=O)N3CCCCS(=O)O)s2)cc1. The molecule has 21 heteroatoms. The van der Waals surface area contributed by atoms with E-state index in [9.17, 15) is 26.8 Å². The minimum atomic E-state index is -3.71. The first-order valence-corrected chi connectivity index (χ1v) is 30.4. The van der Waals surface area contributed by atoms with Crippen molar-refractivity contribution in [1.82, 2.24) is 9.80 Å². The minimum Gasteiger partial charge on any atom is -0.382 e. The summed E-state index contributed by atoms with van der Waals surface area (Å²) in [6.07, 6.45) is 1.46. The molecule has 0 saturated heterocycles. The van der Waals surface area contributed by atoms with Crippen LogP contribution >= 0.6 is 46.2 Å². The Bertz CT molecular complexity index is 2490. The highest BCUT2D eigenvalue weighted by Crippen LogP contribution is 2.50. The fraction of sp³-hybridized carbons (Fsp3) is 0.490. The summed E-state index contributed by atoms with van der Waals surface area (Å²) in [5, 5.41) is 0. The Morgan fingerprint density at radius 3 is 1.33 bits per heavy atom. The second kappa shape index (κ2) is 32.2. The molecule has 2 aliphatic heterocycles. The average molecular weight is 1110 g/mol. The molecular weight excluding hydrogens is 1040 g/mol. The summed E-state index contributed by atoms with van der Waals surface area (Å²) in [7, 11) is 0.699. The Morgan fingerprint density at radius 2 is 0.931 bits per heavy atom. The number of carbonyl (C=O) groups excluding carboxylic acids is 2. The fourth-order valence-electron chi connectivity index (χ4n) is 7.50. The number of thiophene rings is 2. The first-order chi connectivity index (χ1) is 35.0. The zero-order valence-corrected chi connectivity index (χ0v) is 46.7. The average Bonchev–Trinajstić information content (AvgIpc) is 4.19. The largest absolute Gasteiger partial charge is 0.382 e. The maximum Gasteiger partial charge on any atom is 0.267 e. The van der Waals surface area contributed by atoms with Gasteiger partial charge in [-0.3, -0.25) is 13.8 Å². The lowest BCUT2D eigenvalue weighted by atomic mass is 10.1. The van der Waals surface area contributed by atoms with Gasteiger partial charge in [0.2, 0.25) is 0 Å². The van der Waals surface area contributed by atoms with Crippen molar-refractivity contribution in [3.63, 3.8) is 0 Å². The van der Waals surface area contributed by atoms with Crippen molar-refractivity contribution in [2.75, 3.05) is 123 Å². The maximum absolute atomic E-state index is 14.9. The maximum atomic E-state index is 14.9. The number of methoxy groups -OCH3 is 2. The molecule has 2 amide bonds. The van der Waals surface area contributed by atoms with E-state index in [4.69, 9.17) is 28.4 Å². The zero-order chi connectivity index (χ0) is 51.7. The highest BCUT2D eigenvalue weighted by molar-refractivity contribution is 7.99. The molecule has 0 saturated carbocycles. The molecule has 0 bridgehead atoms. The molecule has 2 aromatic heterocycles. The number of ether oxygens (including phenoxy) is 6. The van der Waals surface area contributed by atoms with Crippen LogP contribution in [0, 0.1) is 0 Å². The van der Waals surface area contributed by atoms with Crippen molar-refractivity contribution in [2.45, 2.75) is 49.3 Å². The number of nitrogens with zero attached hydrogens (tertiary/aromatic N) is 2. The molecule has 0 aliphatic carbocycles. The smallest absolute Gasteiger partial charge is 0.267 e. The second-order valence-corrected chi connectivity index (χ2v) is 23.2. The van der Waals surface area contributed by atoms with Gasteiger partial charge in [0.05, 0.1) is 111 Å². The van der Waals surface area contributed by atoms with Gasteiger partial charge >= 0.3 is 0 Å². The number of thioether (sulfide) groups is 2. The highest BCUT2D eigenvalue weighted by Gasteiger charge is 2.49. The van der Waals surface area contributed by atoms with Crippen LogP contribution in [0.2, 0.25) is 0 Å². The van der Waals surface area contributed by atoms with E-state index in [1.165, 1.54) is 22.7 Å². The third kappa shape index (κ3) is 18.0. The Morgan fingerprint density at radius 1 is 0.542 bits per heavy atom. The molecule has 6 rings (SSSR count). The number of rotatable bonds is 35. The predicted molar refractivity (Wildman–Crippen MR) is 292 cm³/mol. The van der Waals surface area contributed by atoms with Crippen molar-refractivity contribution in [3.05, 3.63) is 93.7 Å². The molecule has 4 heterocycles. The van der Waals surface area contributed by atoms with Gasteiger partial charge in [-0.1, -0.05) is 38.1 Å². The number of unbranched alkanes of at least 4 members (excludes halogenated alkanes) is 2. The van der Waals surface area contributed by atoms with Gasteiger partial charge < -0.3 is 42.8 Å². The lowest BCUT2D eigenvalue weighted by molar-refractivity contribution is -0.124. The van der Waals surface area contributed by atoms with Gasteiger partial charge in [-0.2, -0.15) is 8.42 Å². The number of hydrogen-bond donors (Lipinski definition) is 1. The lowest BCUT2D eigenvalue weighted by Crippen LogP contribution is -2.31. The van der Waals surface area contributed by atoms with Crippen molar-refractivity contribution in [3.8, 4) is 20.9 Å². The third-order valence-electron chi connectivity index (χ3n) is 11.0. The van der Waals surface area contributed by atoms with Crippen LogP contribution in [0.4, 0.5) is 0 Å². The van der Waals surface area contributed by atoms with Crippen LogP contribution in [0.15, 0.2) is 93.7 Å². The number of carbonyl (C=O) groups is 2. The van der Waals surface area contributed by atoms with Crippen molar-refractivity contribution in [1.29, 1.82) is 0 Å². The second-order valence-electron chi connectivity index (χ2n) is 15.7. The normalized spacial score (nSPS) is 14.2. The molecule has 15 nitrogen and oxygen atoms in total. The predicted octanol–water partition coefficient (Wildman–Crippen LogP) is 9.28. The van der Waals surface area contributed by atoms with Crippen molar-refractivity contribution >= 4 is 90.6 Å². The molecule has 72 heavy (non-hydrogen) atoms. The molecule has 396 valence electrons. The molecule has 1 N–H and O–H groups in total. The molecule has 0 radical (unpaired) electrons. The Labute approximate surface area is 444 Å². The molecule has 2 aliphatic rings. The monoisotopic (exact) mass is 1110 g/mol. The first kappa shape index (κ1) is 59.6. The summed E-state index contributed by atoms with van der Waals surface area (Å²) >= 11 is 4.38. The van der Waals surface area contributed by atoms with Crippen LogP contribution in [0.1, 0.15) is 49.3 Å². The standard InChI is InChI=1S/C49H62N2O13S6.C2H6/c1-58-22-24-61-26-28-63-30-32-65-38-12-8-36(9-13-38)40-16-18-42(67-40)46-44-45(48(52)50(46)20-4-6-34-69(54)55)47(51(49(44)53)21-5-7-35-70(56,57)60-3)43-19-17-41(68-43)37-10-14-39(15-11-37)66-33-31-64-29-27-62-25-23-59-2;1-2/h8-19H,4-7,20-35H2,1-3H3,(H,54,55);1-2H3. The van der Waals surface area contributed by atoms with Gasteiger partial charge in [0.15, 0.2) is 11.1 Å². The summed E-state index contributed by atoms with van der Waals surface area (Å²) in [4.78, 5) is 38.7. The Hall–Kier alpha value is -3.26. The molecule has 1 atom stereocenters. The van der Waals surface area contributed by atoms with Crippen LogP contribution in [-0.2, 0) is 63.4 Å². The van der Waals surface area contributed by atoms with Crippen molar-refractivity contribution in [2.24, 2.45) is 0 Å². The molecule has 2 aromatic carbocycles.